The zero-order chi connectivity index (χ0) is 8.72. The SMILES string of the molecule is CC12CC3C(C1=O)C3C(C)(C)C2. The molecule has 0 aromatic rings. The molecule has 4 rings (SSSR count). The number of fused-ring (bicyclic) bond motifs is 1. The summed E-state index contributed by atoms with van der Waals surface area (Å²) in [6.07, 6.45) is 2.33. The van der Waals surface area contributed by atoms with Crippen LogP contribution < -0.4 is 0 Å². The van der Waals surface area contributed by atoms with Crippen LogP contribution in [0.2, 0.25) is 0 Å². The molecule has 0 spiro atoms. The third-order valence-corrected chi connectivity index (χ3v) is 4.50. The van der Waals surface area contributed by atoms with Crippen molar-refractivity contribution in [3.05, 3.63) is 0 Å². The number of hydrogen-bond donors (Lipinski definition) is 0. The molecule has 12 heavy (non-hydrogen) atoms. The summed E-state index contributed by atoms with van der Waals surface area (Å²) in [7, 11) is 0. The molecular formula is C11H16O. The lowest BCUT2D eigenvalue weighted by molar-refractivity contribution is -0.134. The highest BCUT2D eigenvalue weighted by Crippen LogP contribution is 2.75. The summed E-state index contributed by atoms with van der Waals surface area (Å²) in [5, 5.41) is 0. The maximum absolute atomic E-state index is 11.8. The number of hydrogen-bond acceptors (Lipinski definition) is 1. The standard InChI is InChI=1S/C11H16O/c1-10(2)5-11(3)4-6-7(8(6)10)9(11)12/h6-8H,4-5H2,1-3H3. The summed E-state index contributed by atoms with van der Waals surface area (Å²) in [4.78, 5) is 11.8. The summed E-state index contributed by atoms with van der Waals surface area (Å²) >= 11 is 0. The van der Waals surface area contributed by atoms with Crippen LogP contribution in [0.5, 0.6) is 0 Å². The number of Topliss-reactive ketones (excluding diaryl/α,β-unsaturated/α-hetero) is 1. The highest BCUT2D eigenvalue weighted by molar-refractivity contribution is 5.94. The van der Waals surface area contributed by atoms with Crippen LogP contribution in [0.15, 0.2) is 0 Å². The summed E-state index contributed by atoms with van der Waals surface area (Å²) in [5.74, 6) is 2.62. The van der Waals surface area contributed by atoms with Crippen LogP contribution in [0.4, 0.5) is 0 Å². The molecule has 4 unspecified atom stereocenters. The smallest absolute Gasteiger partial charge is 0.142 e. The second-order valence-electron chi connectivity index (χ2n) is 6.01. The number of rotatable bonds is 0. The predicted molar refractivity (Wildman–Crippen MR) is 46.6 cm³/mol. The van der Waals surface area contributed by atoms with Crippen LogP contribution in [0.3, 0.4) is 0 Å². The van der Waals surface area contributed by atoms with Crippen LogP contribution in [0, 0.1) is 28.6 Å². The molecular weight excluding hydrogens is 148 g/mol. The molecule has 0 aromatic carbocycles. The van der Waals surface area contributed by atoms with Crippen molar-refractivity contribution >= 4 is 5.78 Å². The van der Waals surface area contributed by atoms with Gasteiger partial charge in [0, 0.05) is 11.3 Å². The van der Waals surface area contributed by atoms with Gasteiger partial charge in [0.25, 0.3) is 0 Å². The Morgan fingerprint density at radius 2 is 2.00 bits per heavy atom. The number of ketones is 1. The molecule has 4 bridgehead atoms. The van der Waals surface area contributed by atoms with Crippen molar-refractivity contribution in [1.29, 1.82) is 0 Å². The molecule has 0 radical (unpaired) electrons. The van der Waals surface area contributed by atoms with E-state index in [0.717, 1.165) is 18.3 Å². The topological polar surface area (TPSA) is 17.1 Å². The monoisotopic (exact) mass is 164 g/mol. The van der Waals surface area contributed by atoms with Gasteiger partial charge in [0.1, 0.15) is 5.78 Å². The molecule has 1 nitrogen and oxygen atoms in total. The van der Waals surface area contributed by atoms with E-state index in [4.69, 9.17) is 0 Å². The molecule has 0 aromatic heterocycles. The minimum atomic E-state index is 0.0770. The Morgan fingerprint density at radius 3 is 2.42 bits per heavy atom. The van der Waals surface area contributed by atoms with Gasteiger partial charge in [-0.15, -0.1) is 0 Å². The molecule has 0 heterocycles. The molecule has 0 N–H and O–H groups in total. The summed E-state index contributed by atoms with van der Waals surface area (Å²) in [5.41, 5.74) is 0.532. The first-order chi connectivity index (χ1) is 5.46. The minimum Gasteiger partial charge on any atom is -0.299 e. The van der Waals surface area contributed by atoms with Gasteiger partial charge in [0.2, 0.25) is 0 Å². The molecule has 4 aliphatic carbocycles. The van der Waals surface area contributed by atoms with Crippen LogP contribution in [0.1, 0.15) is 33.6 Å². The minimum absolute atomic E-state index is 0.0770. The summed E-state index contributed by atoms with van der Waals surface area (Å²) in [6.45, 7) is 6.86. The molecule has 4 atom stereocenters. The van der Waals surface area contributed by atoms with Crippen molar-refractivity contribution in [3.63, 3.8) is 0 Å². The Kier molecular flexibility index (Phi) is 0.897. The number of carbonyl (C=O) groups excluding carboxylic acids is 1. The lowest BCUT2D eigenvalue weighted by Crippen LogP contribution is -2.41. The van der Waals surface area contributed by atoms with Crippen LogP contribution >= 0.6 is 0 Å². The number of carbonyl (C=O) groups is 1. The first-order valence-corrected chi connectivity index (χ1v) is 5.00. The fraction of sp³-hybridized carbons (Fsp3) is 0.909. The van der Waals surface area contributed by atoms with Gasteiger partial charge in [0.05, 0.1) is 0 Å². The highest BCUT2D eigenvalue weighted by atomic mass is 16.1. The Balaban J connectivity index is 2.08. The van der Waals surface area contributed by atoms with E-state index in [0.29, 0.717) is 17.1 Å². The van der Waals surface area contributed by atoms with E-state index >= 15 is 0 Å². The second-order valence-corrected chi connectivity index (χ2v) is 6.01. The van der Waals surface area contributed by atoms with Gasteiger partial charge < -0.3 is 0 Å². The molecule has 1 heteroatoms. The van der Waals surface area contributed by atoms with E-state index in [1.807, 2.05) is 0 Å². The fourth-order valence-corrected chi connectivity index (χ4v) is 4.36. The maximum atomic E-state index is 11.8. The molecule has 4 aliphatic rings. The molecule has 0 amide bonds. The zero-order valence-electron chi connectivity index (χ0n) is 8.05. The maximum Gasteiger partial charge on any atom is 0.142 e. The zero-order valence-corrected chi connectivity index (χ0v) is 8.05. The van der Waals surface area contributed by atoms with Crippen molar-refractivity contribution in [2.45, 2.75) is 33.6 Å². The van der Waals surface area contributed by atoms with Gasteiger partial charge in [0.15, 0.2) is 0 Å². The molecule has 4 saturated carbocycles. The highest BCUT2D eigenvalue weighted by Gasteiger charge is 2.74. The summed E-state index contributed by atoms with van der Waals surface area (Å²) in [6, 6.07) is 0. The molecule has 0 saturated heterocycles. The average Bonchev–Trinajstić information content (AvgIpc) is 2.53. The first-order valence-electron chi connectivity index (χ1n) is 5.00. The third-order valence-electron chi connectivity index (χ3n) is 4.50. The van der Waals surface area contributed by atoms with E-state index in [1.54, 1.807) is 0 Å². The lowest BCUT2D eigenvalue weighted by atomic mass is 9.60. The van der Waals surface area contributed by atoms with Gasteiger partial charge in [-0.25, -0.2) is 0 Å². The fourth-order valence-electron chi connectivity index (χ4n) is 4.36. The van der Waals surface area contributed by atoms with Gasteiger partial charge in [-0.2, -0.15) is 0 Å². The predicted octanol–water partition coefficient (Wildman–Crippen LogP) is 2.26. The van der Waals surface area contributed by atoms with Crippen LogP contribution in [-0.4, -0.2) is 5.78 Å². The Labute approximate surface area is 73.5 Å². The van der Waals surface area contributed by atoms with Crippen molar-refractivity contribution in [3.8, 4) is 0 Å². The Bertz CT molecular complexity index is 279. The third kappa shape index (κ3) is 0.541. The van der Waals surface area contributed by atoms with Gasteiger partial charge in [-0.05, 0) is 30.1 Å². The lowest BCUT2D eigenvalue weighted by Gasteiger charge is -2.43. The Morgan fingerprint density at radius 1 is 1.33 bits per heavy atom. The van der Waals surface area contributed by atoms with Gasteiger partial charge >= 0.3 is 0 Å². The van der Waals surface area contributed by atoms with Crippen LogP contribution in [-0.2, 0) is 4.79 Å². The van der Waals surface area contributed by atoms with E-state index in [-0.39, 0.29) is 5.41 Å². The largest absolute Gasteiger partial charge is 0.299 e. The van der Waals surface area contributed by atoms with Crippen molar-refractivity contribution in [1.82, 2.24) is 0 Å². The summed E-state index contributed by atoms with van der Waals surface area (Å²) < 4.78 is 0. The van der Waals surface area contributed by atoms with E-state index in [1.165, 1.54) is 6.42 Å². The quantitative estimate of drug-likeness (QED) is 0.536. The van der Waals surface area contributed by atoms with Crippen LogP contribution in [0.25, 0.3) is 0 Å². The van der Waals surface area contributed by atoms with E-state index in [9.17, 15) is 4.79 Å². The Hall–Kier alpha value is -0.330. The normalized spacial score (nSPS) is 58.9. The van der Waals surface area contributed by atoms with Crippen molar-refractivity contribution < 1.29 is 4.79 Å². The molecule has 4 fully saturated rings. The van der Waals surface area contributed by atoms with Gasteiger partial charge in [-0.3, -0.25) is 4.79 Å². The second kappa shape index (κ2) is 1.51. The molecule has 66 valence electrons. The first kappa shape index (κ1) is 7.11. The molecule has 0 aliphatic heterocycles. The van der Waals surface area contributed by atoms with Crippen molar-refractivity contribution in [2.75, 3.05) is 0 Å². The van der Waals surface area contributed by atoms with Crippen molar-refractivity contribution in [2.24, 2.45) is 28.6 Å². The van der Waals surface area contributed by atoms with E-state index < -0.39 is 0 Å². The van der Waals surface area contributed by atoms with Gasteiger partial charge in [-0.1, -0.05) is 20.8 Å². The average molecular weight is 164 g/mol. The van der Waals surface area contributed by atoms with E-state index in [2.05, 4.69) is 20.8 Å².